The lowest BCUT2D eigenvalue weighted by atomic mass is 9.96. The van der Waals surface area contributed by atoms with E-state index >= 15 is 0 Å². The Labute approximate surface area is 127 Å². The third kappa shape index (κ3) is 3.58. The van der Waals surface area contributed by atoms with Crippen molar-refractivity contribution in [2.75, 3.05) is 6.61 Å². The molecule has 22 heavy (non-hydrogen) atoms. The molecule has 0 atom stereocenters. The minimum absolute atomic E-state index is 0.0429. The molecule has 0 saturated carbocycles. The van der Waals surface area contributed by atoms with Gasteiger partial charge in [-0.05, 0) is 25.5 Å². The summed E-state index contributed by atoms with van der Waals surface area (Å²) >= 11 is 0. The van der Waals surface area contributed by atoms with E-state index in [2.05, 4.69) is 0 Å². The molecule has 0 radical (unpaired) electrons. The zero-order valence-electron chi connectivity index (χ0n) is 12.4. The molecule has 1 aromatic carbocycles. The molecule has 0 aliphatic carbocycles. The minimum Gasteiger partial charge on any atom is -0.492 e. The predicted molar refractivity (Wildman–Crippen MR) is 79.0 cm³/mol. The smallest absolute Gasteiger partial charge is 0.339 e. The van der Waals surface area contributed by atoms with E-state index in [-0.39, 0.29) is 40.9 Å². The summed E-state index contributed by atoms with van der Waals surface area (Å²) in [5.41, 5.74) is -0.889. The summed E-state index contributed by atoms with van der Waals surface area (Å²) in [7, 11) is 0. The van der Waals surface area contributed by atoms with Crippen LogP contribution in [0, 0.1) is 12.7 Å². The van der Waals surface area contributed by atoms with Crippen LogP contribution in [-0.2, 0) is 4.79 Å². The molecule has 6 heteroatoms. The van der Waals surface area contributed by atoms with Gasteiger partial charge in [-0.15, -0.1) is 0 Å². The molecule has 0 aromatic heterocycles. The van der Waals surface area contributed by atoms with E-state index in [1.54, 1.807) is 0 Å². The number of carbonyl (C=O) groups excluding carboxylic acids is 2. The van der Waals surface area contributed by atoms with Crippen LogP contribution in [0.3, 0.4) is 0 Å². The fourth-order valence-corrected chi connectivity index (χ4v) is 2.00. The van der Waals surface area contributed by atoms with Crippen LogP contribution in [0.4, 0.5) is 4.39 Å². The minimum atomic E-state index is -1.36. The molecule has 0 bridgehead atoms. The Morgan fingerprint density at radius 2 is 2.00 bits per heavy atom. The van der Waals surface area contributed by atoms with Gasteiger partial charge in [0, 0.05) is 11.1 Å². The molecular weight excluding hydrogens is 291 g/mol. The normalized spacial score (nSPS) is 10.7. The second-order valence-electron chi connectivity index (χ2n) is 4.59. The number of carboxylic acid groups (broad SMARTS) is 1. The Balaban J connectivity index is 3.65. The highest BCUT2D eigenvalue weighted by molar-refractivity contribution is 5.98. The summed E-state index contributed by atoms with van der Waals surface area (Å²) in [6.07, 6.45) is 4.45. The number of carboxylic acids is 1. The third-order valence-corrected chi connectivity index (χ3v) is 3.12. The number of aldehydes is 2. The number of ether oxygens (including phenoxy) is 1. The number of halogens is 1. The van der Waals surface area contributed by atoms with Crippen molar-refractivity contribution in [3.8, 4) is 5.75 Å². The molecule has 0 fully saturated rings. The molecule has 0 amide bonds. The van der Waals surface area contributed by atoms with Crippen LogP contribution in [0.1, 0.15) is 51.6 Å². The van der Waals surface area contributed by atoms with E-state index < -0.39 is 11.8 Å². The first-order chi connectivity index (χ1) is 10.5. The van der Waals surface area contributed by atoms with Gasteiger partial charge in [-0.1, -0.05) is 13.3 Å². The number of aromatic carboxylic acids is 1. The zero-order valence-corrected chi connectivity index (χ0v) is 12.4. The summed E-state index contributed by atoms with van der Waals surface area (Å²) in [4.78, 5) is 33.1. The van der Waals surface area contributed by atoms with E-state index in [0.717, 1.165) is 12.5 Å². The number of unbranched alkanes of at least 4 members (excludes halogenated alkanes) is 1. The molecule has 0 aliphatic heterocycles. The molecule has 1 rings (SSSR count). The van der Waals surface area contributed by atoms with Crippen LogP contribution >= 0.6 is 0 Å². The van der Waals surface area contributed by atoms with Crippen molar-refractivity contribution in [3.63, 3.8) is 0 Å². The van der Waals surface area contributed by atoms with Crippen molar-refractivity contribution in [3.05, 3.63) is 34.1 Å². The monoisotopic (exact) mass is 308 g/mol. The van der Waals surface area contributed by atoms with Crippen LogP contribution in [0.5, 0.6) is 5.75 Å². The summed E-state index contributed by atoms with van der Waals surface area (Å²) in [6.45, 7) is 3.43. The molecule has 1 N–H and O–H groups in total. The second-order valence-corrected chi connectivity index (χ2v) is 4.59. The Hall–Kier alpha value is -2.50. The van der Waals surface area contributed by atoms with Gasteiger partial charge in [0.2, 0.25) is 0 Å². The van der Waals surface area contributed by atoms with E-state index in [1.807, 2.05) is 6.92 Å². The number of allylic oxidation sites excluding steroid dienone is 1. The maximum absolute atomic E-state index is 14.2. The average molecular weight is 308 g/mol. The van der Waals surface area contributed by atoms with E-state index in [9.17, 15) is 23.9 Å². The SMILES string of the molecule is CCCCOc1c(C=CC=O)c(C=O)c(F)c(C)c1C(=O)O. The van der Waals surface area contributed by atoms with Crippen molar-refractivity contribution in [2.24, 2.45) is 0 Å². The summed E-state index contributed by atoms with van der Waals surface area (Å²) < 4.78 is 19.7. The summed E-state index contributed by atoms with van der Waals surface area (Å²) in [5.74, 6) is -2.39. The standard InChI is InChI=1S/C16H17FO5/c1-3-4-8-22-15-11(6-5-7-18)12(9-19)14(17)10(2)13(15)16(20)21/h5-7,9H,3-4,8H2,1-2H3,(H,20,21). The molecular formula is C16H17FO5. The Morgan fingerprint density at radius 1 is 1.32 bits per heavy atom. The Morgan fingerprint density at radius 3 is 2.50 bits per heavy atom. The fourth-order valence-electron chi connectivity index (χ4n) is 2.00. The van der Waals surface area contributed by atoms with Crippen molar-refractivity contribution in [2.45, 2.75) is 26.7 Å². The van der Waals surface area contributed by atoms with Crippen LogP contribution in [-0.4, -0.2) is 30.3 Å². The van der Waals surface area contributed by atoms with Crippen LogP contribution in [0.2, 0.25) is 0 Å². The lowest BCUT2D eigenvalue weighted by molar-refractivity contribution is -0.104. The first kappa shape index (κ1) is 17.6. The van der Waals surface area contributed by atoms with Crippen LogP contribution < -0.4 is 4.74 Å². The predicted octanol–water partition coefficient (Wildman–Crippen LogP) is 3.04. The molecule has 1 aromatic rings. The highest BCUT2D eigenvalue weighted by Crippen LogP contribution is 2.34. The van der Waals surface area contributed by atoms with E-state index in [0.29, 0.717) is 12.7 Å². The van der Waals surface area contributed by atoms with Gasteiger partial charge in [0.05, 0.1) is 12.2 Å². The van der Waals surface area contributed by atoms with Gasteiger partial charge in [0.25, 0.3) is 0 Å². The van der Waals surface area contributed by atoms with Crippen LogP contribution in [0.25, 0.3) is 6.08 Å². The molecule has 0 heterocycles. The number of rotatable bonds is 8. The lowest BCUT2D eigenvalue weighted by Crippen LogP contribution is -2.12. The quantitative estimate of drug-likeness (QED) is 0.453. The molecule has 0 unspecified atom stereocenters. The maximum atomic E-state index is 14.2. The summed E-state index contributed by atoms with van der Waals surface area (Å²) in [5, 5.41) is 9.31. The van der Waals surface area contributed by atoms with Gasteiger partial charge in [-0.3, -0.25) is 9.59 Å². The van der Waals surface area contributed by atoms with Crippen molar-refractivity contribution in [1.29, 1.82) is 0 Å². The van der Waals surface area contributed by atoms with Gasteiger partial charge >= 0.3 is 5.97 Å². The Bertz CT molecular complexity index is 620. The van der Waals surface area contributed by atoms with Crippen LogP contribution in [0.15, 0.2) is 6.08 Å². The van der Waals surface area contributed by atoms with Crippen molar-refractivity contribution >= 4 is 24.6 Å². The van der Waals surface area contributed by atoms with Crippen molar-refractivity contribution < 1.29 is 28.6 Å². The average Bonchev–Trinajstić information content (AvgIpc) is 2.48. The molecule has 118 valence electrons. The van der Waals surface area contributed by atoms with Gasteiger partial charge in [-0.25, -0.2) is 9.18 Å². The topological polar surface area (TPSA) is 80.7 Å². The van der Waals surface area contributed by atoms with Gasteiger partial charge in [-0.2, -0.15) is 0 Å². The fraction of sp³-hybridized carbons (Fsp3) is 0.312. The second kappa shape index (κ2) is 8.07. The largest absolute Gasteiger partial charge is 0.492 e. The zero-order chi connectivity index (χ0) is 16.7. The highest BCUT2D eigenvalue weighted by atomic mass is 19.1. The van der Waals surface area contributed by atoms with Crippen molar-refractivity contribution in [1.82, 2.24) is 0 Å². The number of carbonyl (C=O) groups is 3. The number of hydrogen-bond acceptors (Lipinski definition) is 4. The van der Waals surface area contributed by atoms with E-state index in [1.165, 1.54) is 13.0 Å². The van der Waals surface area contributed by atoms with Gasteiger partial charge < -0.3 is 9.84 Å². The first-order valence-corrected chi connectivity index (χ1v) is 6.78. The highest BCUT2D eigenvalue weighted by Gasteiger charge is 2.25. The number of benzene rings is 1. The van der Waals surface area contributed by atoms with Gasteiger partial charge in [0.1, 0.15) is 23.4 Å². The maximum Gasteiger partial charge on any atom is 0.339 e. The van der Waals surface area contributed by atoms with Gasteiger partial charge in [0.15, 0.2) is 6.29 Å². The lowest BCUT2D eigenvalue weighted by Gasteiger charge is -2.17. The molecule has 0 saturated heterocycles. The first-order valence-electron chi connectivity index (χ1n) is 6.78. The Kier molecular flexibility index (Phi) is 6.44. The van der Waals surface area contributed by atoms with E-state index in [4.69, 9.17) is 4.74 Å². The summed E-state index contributed by atoms with van der Waals surface area (Å²) in [6, 6.07) is 0. The molecule has 0 aliphatic rings. The third-order valence-electron chi connectivity index (χ3n) is 3.12. The number of hydrogen-bond donors (Lipinski definition) is 1. The molecule has 0 spiro atoms. The molecule has 5 nitrogen and oxygen atoms in total.